The van der Waals surface area contributed by atoms with Gasteiger partial charge in [-0.1, -0.05) is 50.6 Å². The maximum absolute atomic E-state index is 3.82. The van der Waals surface area contributed by atoms with Crippen molar-refractivity contribution in [1.82, 2.24) is 10.2 Å². The molecule has 1 aromatic rings. The van der Waals surface area contributed by atoms with Gasteiger partial charge >= 0.3 is 0 Å². The van der Waals surface area contributed by atoms with Crippen molar-refractivity contribution >= 4 is 0 Å². The lowest BCUT2D eigenvalue weighted by Gasteiger charge is -2.42. The molecule has 0 bridgehead atoms. The highest BCUT2D eigenvalue weighted by molar-refractivity contribution is 5.16. The lowest BCUT2D eigenvalue weighted by molar-refractivity contribution is 0.104. The smallest absolute Gasteiger partial charge is 0.0261 e. The Balaban J connectivity index is 1.64. The zero-order valence-corrected chi connectivity index (χ0v) is 13.6. The van der Waals surface area contributed by atoms with Crippen molar-refractivity contribution in [2.24, 2.45) is 11.8 Å². The predicted molar refractivity (Wildman–Crippen MR) is 89.5 cm³/mol. The first kappa shape index (κ1) is 15.1. The van der Waals surface area contributed by atoms with Crippen molar-refractivity contribution < 1.29 is 0 Å². The summed E-state index contributed by atoms with van der Waals surface area (Å²) in [6.07, 6.45) is 5.37. The van der Waals surface area contributed by atoms with Gasteiger partial charge in [0.05, 0.1) is 0 Å². The van der Waals surface area contributed by atoms with Gasteiger partial charge in [0.15, 0.2) is 0 Å². The van der Waals surface area contributed by atoms with E-state index in [1.807, 2.05) is 0 Å². The van der Waals surface area contributed by atoms with Crippen LogP contribution in [0.25, 0.3) is 0 Å². The summed E-state index contributed by atoms with van der Waals surface area (Å²) in [6.45, 7) is 8.42. The van der Waals surface area contributed by atoms with Crippen LogP contribution in [0.2, 0.25) is 0 Å². The van der Waals surface area contributed by atoms with Gasteiger partial charge < -0.3 is 5.32 Å². The molecule has 2 heteroatoms. The minimum absolute atomic E-state index is 0.674. The van der Waals surface area contributed by atoms with E-state index < -0.39 is 0 Å². The number of rotatable bonds is 6. The normalized spacial score (nSPS) is 28.5. The number of hydrogen-bond donors (Lipinski definition) is 1. The second kappa shape index (κ2) is 6.93. The molecule has 21 heavy (non-hydrogen) atoms. The lowest BCUT2D eigenvalue weighted by Crippen LogP contribution is -2.59. The van der Waals surface area contributed by atoms with Crippen LogP contribution >= 0.6 is 0 Å². The highest BCUT2D eigenvalue weighted by Crippen LogP contribution is 2.31. The van der Waals surface area contributed by atoms with Crippen molar-refractivity contribution in [3.05, 3.63) is 35.9 Å². The second-order valence-corrected chi connectivity index (χ2v) is 7.14. The third-order valence-corrected chi connectivity index (χ3v) is 5.40. The van der Waals surface area contributed by atoms with Gasteiger partial charge in [-0.25, -0.2) is 0 Å². The zero-order valence-electron chi connectivity index (χ0n) is 13.6. The lowest BCUT2D eigenvalue weighted by atomic mass is 9.93. The van der Waals surface area contributed by atoms with Crippen molar-refractivity contribution in [3.63, 3.8) is 0 Å². The monoisotopic (exact) mass is 286 g/mol. The van der Waals surface area contributed by atoms with E-state index in [1.165, 1.54) is 44.3 Å². The molecule has 1 saturated carbocycles. The Morgan fingerprint density at radius 1 is 1.24 bits per heavy atom. The number of hydrogen-bond acceptors (Lipinski definition) is 2. The van der Waals surface area contributed by atoms with Crippen LogP contribution in [0.4, 0.5) is 0 Å². The van der Waals surface area contributed by atoms with Gasteiger partial charge in [-0.2, -0.15) is 0 Å². The minimum atomic E-state index is 0.674. The summed E-state index contributed by atoms with van der Waals surface area (Å²) in [7, 11) is 0. The molecular formula is C19H30N2. The molecule has 3 rings (SSSR count). The highest BCUT2D eigenvalue weighted by atomic mass is 15.2. The van der Waals surface area contributed by atoms with E-state index in [-0.39, 0.29) is 0 Å². The van der Waals surface area contributed by atoms with Crippen LogP contribution in [0, 0.1) is 11.8 Å². The Morgan fingerprint density at radius 3 is 2.67 bits per heavy atom. The van der Waals surface area contributed by atoms with Gasteiger partial charge in [0.25, 0.3) is 0 Å². The molecule has 0 amide bonds. The summed E-state index contributed by atoms with van der Waals surface area (Å²) in [5, 5.41) is 3.82. The summed E-state index contributed by atoms with van der Waals surface area (Å²) in [6, 6.07) is 12.3. The van der Waals surface area contributed by atoms with Crippen LogP contribution < -0.4 is 5.32 Å². The molecule has 0 radical (unpaired) electrons. The Hall–Kier alpha value is -0.860. The molecule has 1 heterocycles. The summed E-state index contributed by atoms with van der Waals surface area (Å²) in [5.41, 5.74) is 1.48. The molecule has 0 spiro atoms. The van der Waals surface area contributed by atoms with Gasteiger partial charge in [-0.15, -0.1) is 0 Å². The summed E-state index contributed by atoms with van der Waals surface area (Å²) < 4.78 is 0. The maximum atomic E-state index is 3.82. The fraction of sp³-hybridized carbons (Fsp3) is 0.684. The molecule has 3 atom stereocenters. The Bertz CT molecular complexity index is 426. The van der Waals surface area contributed by atoms with E-state index in [2.05, 4.69) is 54.4 Å². The SMILES string of the molecule is CCC(C)C1CN(CC2CC2)C(Cc2ccccc2)CN1. The van der Waals surface area contributed by atoms with E-state index in [0.717, 1.165) is 18.4 Å². The predicted octanol–water partition coefficient (Wildman–Crippen LogP) is 3.33. The summed E-state index contributed by atoms with van der Waals surface area (Å²) >= 11 is 0. The van der Waals surface area contributed by atoms with Crippen LogP contribution in [0.5, 0.6) is 0 Å². The van der Waals surface area contributed by atoms with Crippen molar-refractivity contribution in [1.29, 1.82) is 0 Å². The molecule has 2 aliphatic rings. The van der Waals surface area contributed by atoms with Gasteiger partial charge in [0.2, 0.25) is 0 Å². The molecule has 1 aliphatic heterocycles. The van der Waals surface area contributed by atoms with Gasteiger partial charge in [-0.05, 0) is 36.7 Å². The second-order valence-electron chi connectivity index (χ2n) is 7.14. The number of nitrogens with zero attached hydrogens (tertiary/aromatic N) is 1. The quantitative estimate of drug-likeness (QED) is 0.863. The number of piperazine rings is 1. The standard InChI is InChI=1S/C19H30N2/c1-3-15(2)19-14-21(13-17-9-10-17)18(12-20-19)11-16-7-5-4-6-8-16/h4-8,15,17-20H,3,9-14H2,1-2H3. The Kier molecular flexibility index (Phi) is 4.97. The zero-order chi connectivity index (χ0) is 14.7. The maximum Gasteiger partial charge on any atom is 0.0261 e. The van der Waals surface area contributed by atoms with Gasteiger partial charge in [0, 0.05) is 31.7 Å². The average Bonchev–Trinajstić information content (AvgIpc) is 3.33. The van der Waals surface area contributed by atoms with Crippen molar-refractivity contribution in [2.75, 3.05) is 19.6 Å². The Morgan fingerprint density at radius 2 is 2.00 bits per heavy atom. The molecule has 0 aromatic heterocycles. The molecule has 2 nitrogen and oxygen atoms in total. The van der Waals surface area contributed by atoms with Crippen LogP contribution in [-0.4, -0.2) is 36.6 Å². The van der Waals surface area contributed by atoms with Crippen LogP contribution in [0.1, 0.15) is 38.7 Å². The average molecular weight is 286 g/mol. The third-order valence-electron chi connectivity index (χ3n) is 5.40. The van der Waals surface area contributed by atoms with Crippen molar-refractivity contribution in [2.45, 2.75) is 51.6 Å². The highest BCUT2D eigenvalue weighted by Gasteiger charge is 2.33. The first-order chi connectivity index (χ1) is 10.3. The largest absolute Gasteiger partial charge is 0.311 e. The summed E-state index contributed by atoms with van der Waals surface area (Å²) in [5.74, 6) is 1.77. The number of nitrogens with one attached hydrogen (secondary N) is 1. The van der Waals surface area contributed by atoms with E-state index in [1.54, 1.807) is 0 Å². The van der Waals surface area contributed by atoms with Gasteiger partial charge in [-0.3, -0.25) is 4.90 Å². The topological polar surface area (TPSA) is 15.3 Å². The fourth-order valence-electron chi connectivity index (χ4n) is 3.49. The first-order valence-electron chi connectivity index (χ1n) is 8.77. The molecule has 3 unspecified atom stereocenters. The molecule has 1 N–H and O–H groups in total. The molecule has 1 aliphatic carbocycles. The molecular weight excluding hydrogens is 256 g/mol. The molecule has 116 valence electrons. The van der Waals surface area contributed by atoms with Gasteiger partial charge in [0.1, 0.15) is 0 Å². The van der Waals surface area contributed by atoms with Crippen LogP contribution in [-0.2, 0) is 6.42 Å². The minimum Gasteiger partial charge on any atom is -0.311 e. The first-order valence-corrected chi connectivity index (χ1v) is 8.77. The van der Waals surface area contributed by atoms with Crippen molar-refractivity contribution in [3.8, 4) is 0 Å². The van der Waals surface area contributed by atoms with E-state index >= 15 is 0 Å². The Labute approximate surface area is 129 Å². The summed E-state index contributed by atoms with van der Waals surface area (Å²) in [4.78, 5) is 2.79. The van der Waals surface area contributed by atoms with E-state index in [4.69, 9.17) is 0 Å². The molecule has 2 fully saturated rings. The fourth-order valence-corrected chi connectivity index (χ4v) is 3.49. The van der Waals surface area contributed by atoms with E-state index in [0.29, 0.717) is 12.1 Å². The third kappa shape index (κ3) is 4.08. The molecule has 1 saturated heterocycles. The van der Waals surface area contributed by atoms with E-state index in [9.17, 15) is 0 Å². The van der Waals surface area contributed by atoms with Crippen LogP contribution in [0.3, 0.4) is 0 Å². The van der Waals surface area contributed by atoms with Crippen LogP contribution in [0.15, 0.2) is 30.3 Å². The number of benzene rings is 1. The molecule has 1 aromatic carbocycles.